The highest BCUT2D eigenvalue weighted by Gasteiger charge is 2.66. The summed E-state index contributed by atoms with van der Waals surface area (Å²) in [5.41, 5.74) is 6.24. The number of aromatic nitrogens is 4. The molecule has 0 aliphatic heterocycles. The first kappa shape index (κ1) is 10.2. The topological polar surface area (TPSA) is 69.6 Å². The van der Waals surface area contributed by atoms with Crippen molar-refractivity contribution in [1.29, 1.82) is 0 Å². The van der Waals surface area contributed by atoms with Crippen LogP contribution in [0.5, 0.6) is 0 Å². The molecule has 2 aliphatic rings. The first-order valence-corrected chi connectivity index (χ1v) is 5.97. The van der Waals surface area contributed by atoms with Gasteiger partial charge in [-0.2, -0.15) is 4.80 Å². The number of nitrogens with two attached hydrogens (primary N) is 1. The van der Waals surface area contributed by atoms with Gasteiger partial charge in [0.1, 0.15) is 0 Å². The first-order chi connectivity index (χ1) is 7.37. The van der Waals surface area contributed by atoms with E-state index in [2.05, 4.69) is 36.2 Å². The van der Waals surface area contributed by atoms with Gasteiger partial charge in [0.2, 0.25) is 0 Å². The van der Waals surface area contributed by atoms with E-state index in [0.29, 0.717) is 0 Å². The second-order valence-electron chi connectivity index (χ2n) is 6.31. The van der Waals surface area contributed by atoms with Crippen molar-refractivity contribution in [2.75, 3.05) is 0 Å². The minimum absolute atomic E-state index is 0.0290. The highest BCUT2D eigenvalue weighted by Crippen LogP contribution is 2.62. The number of hydrogen-bond acceptors (Lipinski definition) is 4. The van der Waals surface area contributed by atoms with Crippen LogP contribution in [0, 0.1) is 0 Å². The molecular weight excluding hydrogens is 202 g/mol. The summed E-state index contributed by atoms with van der Waals surface area (Å²) in [6, 6.07) is 0. The minimum Gasteiger partial charge on any atom is -0.324 e. The smallest absolute Gasteiger partial charge is 0.182 e. The zero-order valence-electron chi connectivity index (χ0n) is 10.2. The van der Waals surface area contributed by atoms with Gasteiger partial charge in [-0.25, -0.2) is 0 Å². The van der Waals surface area contributed by atoms with Crippen LogP contribution in [0.1, 0.15) is 52.3 Å². The zero-order valence-corrected chi connectivity index (χ0v) is 10.2. The molecule has 0 atom stereocenters. The van der Waals surface area contributed by atoms with Crippen LogP contribution in [-0.2, 0) is 11.0 Å². The van der Waals surface area contributed by atoms with Gasteiger partial charge >= 0.3 is 0 Å². The van der Waals surface area contributed by atoms with Crippen LogP contribution in [0.15, 0.2) is 0 Å². The Kier molecular flexibility index (Phi) is 1.68. The van der Waals surface area contributed by atoms with Crippen LogP contribution in [0.4, 0.5) is 0 Å². The van der Waals surface area contributed by atoms with Crippen molar-refractivity contribution in [1.82, 2.24) is 20.2 Å². The molecule has 0 saturated heterocycles. The lowest BCUT2D eigenvalue weighted by Gasteiger charge is -2.19. The highest BCUT2D eigenvalue weighted by atomic mass is 15.6. The van der Waals surface area contributed by atoms with Crippen molar-refractivity contribution in [2.45, 2.75) is 62.9 Å². The number of tetrazole rings is 1. The van der Waals surface area contributed by atoms with E-state index in [9.17, 15) is 0 Å². The molecule has 1 aromatic heterocycles. The molecule has 2 aliphatic carbocycles. The van der Waals surface area contributed by atoms with Gasteiger partial charge in [0.05, 0.1) is 11.0 Å². The maximum absolute atomic E-state index is 6.32. The molecule has 3 rings (SSSR count). The molecule has 0 amide bonds. The third kappa shape index (κ3) is 1.24. The number of nitrogens with zero attached hydrogens (tertiary/aromatic N) is 4. The number of hydrogen-bond donors (Lipinski definition) is 1. The van der Waals surface area contributed by atoms with Crippen molar-refractivity contribution < 1.29 is 0 Å². The van der Waals surface area contributed by atoms with E-state index >= 15 is 0 Å². The van der Waals surface area contributed by atoms with Crippen molar-refractivity contribution in [3.05, 3.63) is 5.82 Å². The third-order valence-corrected chi connectivity index (χ3v) is 3.93. The summed E-state index contributed by atoms with van der Waals surface area (Å²) in [7, 11) is 0. The Labute approximate surface area is 95.4 Å². The lowest BCUT2D eigenvalue weighted by molar-refractivity contribution is 0.303. The Morgan fingerprint density at radius 2 is 1.81 bits per heavy atom. The molecule has 2 fully saturated rings. The molecule has 16 heavy (non-hydrogen) atoms. The molecule has 0 unspecified atom stereocenters. The second-order valence-corrected chi connectivity index (χ2v) is 6.31. The van der Waals surface area contributed by atoms with Gasteiger partial charge in [-0.1, -0.05) is 0 Å². The molecule has 5 nitrogen and oxygen atoms in total. The van der Waals surface area contributed by atoms with Crippen molar-refractivity contribution in [2.24, 2.45) is 5.73 Å². The molecule has 0 bridgehead atoms. The van der Waals surface area contributed by atoms with E-state index in [1.165, 1.54) is 0 Å². The predicted octanol–water partition coefficient (Wildman–Crippen LogP) is 0.951. The van der Waals surface area contributed by atoms with E-state index in [-0.39, 0.29) is 16.5 Å². The van der Waals surface area contributed by atoms with E-state index in [1.54, 1.807) is 4.80 Å². The largest absolute Gasteiger partial charge is 0.324 e. The quantitative estimate of drug-likeness (QED) is 0.807. The van der Waals surface area contributed by atoms with Crippen molar-refractivity contribution in [3.8, 4) is 0 Å². The normalized spacial score (nSPS) is 25.5. The Morgan fingerprint density at radius 3 is 2.19 bits per heavy atom. The summed E-state index contributed by atoms with van der Waals surface area (Å²) in [5, 5.41) is 12.9. The third-order valence-electron chi connectivity index (χ3n) is 3.93. The van der Waals surface area contributed by atoms with Crippen LogP contribution in [-0.4, -0.2) is 25.7 Å². The maximum Gasteiger partial charge on any atom is 0.182 e. The van der Waals surface area contributed by atoms with Gasteiger partial charge in [0.15, 0.2) is 5.82 Å². The molecule has 2 N–H and O–H groups in total. The summed E-state index contributed by atoms with van der Waals surface area (Å²) in [4.78, 5) is 1.70. The van der Waals surface area contributed by atoms with Gasteiger partial charge in [-0.3, -0.25) is 0 Å². The van der Waals surface area contributed by atoms with Crippen LogP contribution in [0.2, 0.25) is 0 Å². The summed E-state index contributed by atoms with van der Waals surface area (Å²) in [6.45, 7) is 6.23. The summed E-state index contributed by atoms with van der Waals surface area (Å²) < 4.78 is 0. The monoisotopic (exact) mass is 221 g/mol. The Bertz CT molecular complexity index is 420. The van der Waals surface area contributed by atoms with Crippen LogP contribution in [0.3, 0.4) is 0 Å². The van der Waals surface area contributed by atoms with Crippen LogP contribution < -0.4 is 5.73 Å². The molecule has 1 aromatic rings. The standard InChI is InChI=1S/C11H19N5/c1-9(2,3)16-14-8(13-15-16)10(4-5-10)11(12)6-7-11/h4-7,12H2,1-3H3. The Morgan fingerprint density at radius 1 is 1.19 bits per heavy atom. The van der Waals surface area contributed by atoms with Crippen LogP contribution >= 0.6 is 0 Å². The van der Waals surface area contributed by atoms with Gasteiger partial charge in [-0.05, 0) is 51.7 Å². The fourth-order valence-corrected chi connectivity index (χ4v) is 2.37. The minimum atomic E-state index is -0.105. The van der Waals surface area contributed by atoms with E-state index < -0.39 is 0 Å². The van der Waals surface area contributed by atoms with Gasteiger partial charge in [0.25, 0.3) is 0 Å². The second kappa shape index (κ2) is 2.64. The molecule has 1 heterocycles. The average molecular weight is 221 g/mol. The maximum atomic E-state index is 6.32. The molecule has 2 saturated carbocycles. The molecular formula is C11H19N5. The van der Waals surface area contributed by atoms with Gasteiger partial charge < -0.3 is 5.73 Å². The molecule has 5 heteroatoms. The fraction of sp³-hybridized carbons (Fsp3) is 0.909. The highest BCUT2D eigenvalue weighted by molar-refractivity contribution is 5.32. The van der Waals surface area contributed by atoms with E-state index in [4.69, 9.17) is 5.73 Å². The predicted molar refractivity (Wildman–Crippen MR) is 59.9 cm³/mol. The lowest BCUT2D eigenvalue weighted by atomic mass is 9.94. The molecule has 0 aromatic carbocycles. The zero-order chi connectivity index (χ0) is 11.6. The molecule has 88 valence electrons. The Balaban J connectivity index is 1.94. The van der Waals surface area contributed by atoms with E-state index in [0.717, 1.165) is 31.5 Å². The Hall–Kier alpha value is -0.970. The SMILES string of the molecule is CC(C)(C)n1nnc(C2(C3(N)CC3)CC2)n1. The first-order valence-electron chi connectivity index (χ1n) is 5.97. The summed E-state index contributed by atoms with van der Waals surface area (Å²) in [6.07, 6.45) is 4.47. The fourth-order valence-electron chi connectivity index (χ4n) is 2.37. The lowest BCUT2D eigenvalue weighted by Crippen LogP contribution is -2.38. The van der Waals surface area contributed by atoms with Crippen molar-refractivity contribution in [3.63, 3.8) is 0 Å². The van der Waals surface area contributed by atoms with E-state index in [1.807, 2.05) is 0 Å². The summed E-state index contributed by atoms with van der Waals surface area (Å²) >= 11 is 0. The van der Waals surface area contributed by atoms with Crippen LogP contribution in [0.25, 0.3) is 0 Å². The number of rotatable bonds is 2. The van der Waals surface area contributed by atoms with Gasteiger partial charge in [0, 0.05) is 5.54 Å². The average Bonchev–Trinajstić information content (AvgIpc) is 3.07. The summed E-state index contributed by atoms with van der Waals surface area (Å²) in [5.74, 6) is 0.863. The molecule has 0 spiro atoms. The van der Waals surface area contributed by atoms with Gasteiger partial charge in [-0.15, -0.1) is 10.2 Å². The molecule has 0 radical (unpaired) electrons. The van der Waals surface area contributed by atoms with Crippen molar-refractivity contribution >= 4 is 0 Å².